The van der Waals surface area contributed by atoms with Gasteiger partial charge in [-0.05, 0) is 26.2 Å². The average molecular weight is 311 g/mol. The van der Waals surface area contributed by atoms with Crippen molar-refractivity contribution in [3.8, 4) is 0 Å². The summed E-state index contributed by atoms with van der Waals surface area (Å²) in [6.07, 6.45) is 1.87. The number of carboxylic acids is 1. The summed E-state index contributed by atoms with van der Waals surface area (Å²) in [6, 6.07) is -0.261. The molecule has 2 rings (SSSR count). The normalized spacial score (nSPS) is 21.6. The van der Waals surface area contributed by atoms with Crippen molar-refractivity contribution >= 4 is 28.5 Å². The summed E-state index contributed by atoms with van der Waals surface area (Å²) in [5.74, 6) is -0.821. The molecule has 1 atom stereocenters. The molecule has 1 aromatic rings. The highest BCUT2D eigenvalue weighted by Crippen LogP contribution is 2.34. The van der Waals surface area contributed by atoms with Gasteiger partial charge in [0.1, 0.15) is 0 Å². The number of aryl methyl sites for hydroxylation is 2. The summed E-state index contributed by atoms with van der Waals surface area (Å²) in [5.41, 5.74) is 0.190. The number of hydrogen-bond acceptors (Lipinski definition) is 4. The van der Waals surface area contributed by atoms with Crippen molar-refractivity contribution in [2.24, 2.45) is 5.41 Å². The van der Waals surface area contributed by atoms with E-state index in [9.17, 15) is 14.7 Å². The molecule has 0 radical (unpaired) electrons. The fourth-order valence-corrected chi connectivity index (χ4v) is 3.53. The molecule has 2 amide bonds. The van der Waals surface area contributed by atoms with Crippen LogP contribution in [0.2, 0.25) is 0 Å². The summed E-state index contributed by atoms with van der Waals surface area (Å²) in [5, 5.41) is 12.7. The third-order valence-electron chi connectivity index (χ3n) is 4.21. The summed E-state index contributed by atoms with van der Waals surface area (Å²) in [6.45, 7) is 6.59. The monoisotopic (exact) mass is 311 g/mol. The maximum atomic E-state index is 12.2. The molecule has 1 fully saturated rings. The minimum atomic E-state index is -0.821. The second-order valence-electron chi connectivity index (χ2n) is 5.42. The Morgan fingerprint density at radius 3 is 2.67 bits per heavy atom. The highest BCUT2D eigenvalue weighted by molar-refractivity contribution is 7.15. The van der Waals surface area contributed by atoms with Gasteiger partial charge in [-0.25, -0.2) is 9.78 Å². The maximum Gasteiger partial charge on any atom is 0.323 e. The molecule has 1 saturated heterocycles. The topological polar surface area (TPSA) is 82.5 Å². The number of rotatable bonds is 4. The van der Waals surface area contributed by atoms with Crippen molar-refractivity contribution in [2.45, 2.75) is 40.0 Å². The number of nitrogens with zero attached hydrogens (tertiary/aromatic N) is 2. The number of amides is 2. The molecule has 1 aromatic heterocycles. The van der Waals surface area contributed by atoms with Gasteiger partial charge in [0.25, 0.3) is 0 Å². The predicted octanol–water partition coefficient (Wildman–Crippen LogP) is 2.73. The Labute approximate surface area is 128 Å². The lowest BCUT2D eigenvalue weighted by Gasteiger charge is -2.22. The standard InChI is InChI=1S/C14H21N3O3S/c1-4-10-9(3)21-12(15-10)16-13(20)17-7-6-14(5-2,8-17)11(18)19/h4-8H2,1-3H3,(H,18,19)(H,15,16,20). The van der Waals surface area contributed by atoms with E-state index in [4.69, 9.17) is 0 Å². The van der Waals surface area contributed by atoms with Gasteiger partial charge in [-0.3, -0.25) is 10.1 Å². The molecule has 1 aliphatic heterocycles. The molecule has 116 valence electrons. The first-order valence-corrected chi connectivity index (χ1v) is 7.99. The van der Waals surface area contributed by atoms with Crippen molar-refractivity contribution in [2.75, 3.05) is 18.4 Å². The molecule has 6 nitrogen and oxygen atoms in total. The van der Waals surface area contributed by atoms with Gasteiger partial charge in [-0.2, -0.15) is 0 Å². The zero-order valence-electron chi connectivity index (χ0n) is 12.6. The molecule has 0 saturated carbocycles. The molecule has 21 heavy (non-hydrogen) atoms. The number of thiazole rings is 1. The van der Waals surface area contributed by atoms with Gasteiger partial charge in [-0.1, -0.05) is 13.8 Å². The molecule has 2 heterocycles. The second-order valence-corrected chi connectivity index (χ2v) is 6.62. The lowest BCUT2D eigenvalue weighted by molar-refractivity contribution is -0.148. The van der Waals surface area contributed by atoms with Crippen LogP contribution >= 0.6 is 11.3 Å². The molecular weight excluding hydrogens is 290 g/mol. The van der Waals surface area contributed by atoms with Gasteiger partial charge in [0.15, 0.2) is 5.13 Å². The Balaban J connectivity index is 2.03. The van der Waals surface area contributed by atoms with Crippen LogP contribution in [-0.2, 0) is 11.2 Å². The summed E-state index contributed by atoms with van der Waals surface area (Å²) in [7, 11) is 0. The summed E-state index contributed by atoms with van der Waals surface area (Å²) < 4.78 is 0. The first kappa shape index (κ1) is 15.8. The number of likely N-dealkylation sites (tertiary alicyclic amines) is 1. The Hall–Kier alpha value is -1.63. The number of aliphatic carboxylic acids is 1. The van der Waals surface area contributed by atoms with E-state index in [0.29, 0.717) is 24.5 Å². The lowest BCUT2D eigenvalue weighted by atomic mass is 9.84. The van der Waals surface area contributed by atoms with Crippen LogP contribution in [0.25, 0.3) is 0 Å². The van der Waals surface area contributed by atoms with Crippen molar-refractivity contribution in [1.82, 2.24) is 9.88 Å². The molecular formula is C14H21N3O3S. The van der Waals surface area contributed by atoms with E-state index in [2.05, 4.69) is 10.3 Å². The van der Waals surface area contributed by atoms with E-state index in [1.54, 1.807) is 4.90 Å². The SMILES string of the molecule is CCc1nc(NC(=O)N2CCC(CC)(C(=O)O)C2)sc1C. The van der Waals surface area contributed by atoms with Crippen molar-refractivity contribution < 1.29 is 14.7 Å². The number of carbonyl (C=O) groups excluding carboxylic acids is 1. The fourth-order valence-electron chi connectivity index (χ4n) is 2.64. The van der Waals surface area contributed by atoms with Crippen LogP contribution in [0.3, 0.4) is 0 Å². The second kappa shape index (κ2) is 6.01. The number of hydrogen-bond donors (Lipinski definition) is 2. The third kappa shape index (κ3) is 3.02. The number of aromatic nitrogens is 1. The highest BCUT2D eigenvalue weighted by Gasteiger charge is 2.44. The number of carboxylic acid groups (broad SMARTS) is 1. The fraction of sp³-hybridized carbons (Fsp3) is 0.643. The van der Waals surface area contributed by atoms with Crippen LogP contribution in [0.5, 0.6) is 0 Å². The van der Waals surface area contributed by atoms with Gasteiger partial charge < -0.3 is 10.0 Å². The van der Waals surface area contributed by atoms with Crippen LogP contribution in [-0.4, -0.2) is 40.1 Å². The third-order valence-corrected chi connectivity index (χ3v) is 5.14. The van der Waals surface area contributed by atoms with E-state index in [1.807, 2.05) is 20.8 Å². The van der Waals surface area contributed by atoms with Gasteiger partial charge in [0.2, 0.25) is 0 Å². The zero-order valence-corrected chi connectivity index (χ0v) is 13.4. The Morgan fingerprint density at radius 1 is 1.48 bits per heavy atom. The molecule has 7 heteroatoms. The number of carbonyl (C=O) groups is 2. The van der Waals surface area contributed by atoms with Crippen LogP contribution < -0.4 is 5.32 Å². The van der Waals surface area contributed by atoms with E-state index in [-0.39, 0.29) is 12.6 Å². The van der Waals surface area contributed by atoms with Crippen molar-refractivity contribution in [3.05, 3.63) is 10.6 Å². The summed E-state index contributed by atoms with van der Waals surface area (Å²) >= 11 is 1.45. The quantitative estimate of drug-likeness (QED) is 0.895. The van der Waals surface area contributed by atoms with Crippen molar-refractivity contribution in [3.63, 3.8) is 0 Å². The average Bonchev–Trinajstić information content (AvgIpc) is 3.03. The molecule has 0 spiro atoms. The molecule has 2 N–H and O–H groups in total. The first-order valence-electron chi connectivity index (χ1n) is 7.17. The minimum absolute atomic E-state index is 0.260. The van der Waals surface area contributed by atoms with Crippen LogP contribution in [0, 0.1) is 12.3 Å². The largest absolute Gasteiger partial charge is 0.481 e. The van der Waals surface area contributed by atoms with Gasteiger partial charge in [0.05, 0.1) is 11.1 Å². The Bertz CT molecular complexity index is 558. The molecule has 1 unspecified atom stereocenters. The Kier molecular flexibility index (Phi) is 4.51. The smallest absolute Gasteiger partial charge is 0.323 e. The highest BCUT2D eigenvalue weighted by atomic mass is 32.1. The lowest BCUT2D eigenvalue weighted by Crippen LogP contribution is -2.38. The maximum absolute atomic E-state index is 12.2. The first-order chi connectivity index (χ1) is 9.91. The number of urea groups is 1. The van der Waals surface area contributed by atoms with Crippen LogP contribution in [0.15, 0.2) is 0 Å². The van der Waals surface area contributed by atoms with Gasteiger partial charge in [-0.15, -0.1) is 11.3 Å². The summed E-state index contributed by atoms with van der Waals surface area (Å²) in [4.78, 5) is 30.7. The molecule has 0 aliphatic carbocycles. The van der Waals surface area contributed by atoms with E-state index in [1.165, 1.54) is 11.3 Å². The van der Waals surface area contributed by atoms with Crippen molar-refractivity contribution in [1.29, 1.82) is 0 Å². The zero-order chi connectivity index (χ0) is 15.6. The minimum Gasteiger partial charge on any atom is -0.481 e. The van der Waals surface area contributed by atoms with Gasteiger partial charge in [0, 0.05) is 18.0 Å². The molecule has 0 bridgehead atoms. The molecule has 0 aromatic carbocycles. The van der Waals surface area contributed by atoms with Crippen LogP contribution in [0.1, 0.15) is 37.3 Å². The van der Waals surface area contributed by atoms with Gasteiger partial charge >= 0.3 is 12.0 Å². The van der Waals surface area contributed by atoms with E-state index in [0.717, 1.165) is 17.0 Å². The van der Waals surface area contributed by atoms with E-state index < -0.39 is 11.4 Å². The van der Waals surface area contributed by atoms with Crippen LogP contribution in [0.4, 0.5) is 9.93 Å². The van der Waals surface area contributed by atoms with E-state index >= 15 is 0 Å². The number of anilines is 1. The molecule has 1 aliphatic rings. The number of nitrogens with one attached hydrogen (secondary N) is 1. The predicted molar refractivity (Wildman–Crippen MR) is 81.8 cm³/mol. The Morgan fingerprint density at radius 2 is 2.19 bits per heavy atom.